The quantitative estimate of drug-likeness (QED) is 0.843. The molecule has 2 aromatic rings. The van der Waals surface area contributed by atoms with Crippen LogP contribution in [0, 0.1) is 6.92 Å². The molecule has 5 nitrogen and oxygen atoms in total. The van der Waals surface area contributed by atoms with Gasteiger partial charge in [-0.05, 0) is 32.4 Å². The zero-order chi connectivity index (χ0) is 14.5. The summed E-state index contributed by atoms with van der Waals surface area (Å²) in [6, 6.07) is 5.93. The molecule has 0 aromatic carbocycles. The Hall–Kier alpha value is -2.04. The van der Waals surface area contributed by atoms with Gasteiger partial charge in [-0.1, -0.05) is 6.92 Å². The first-order valence-corrected chi connectivity index (χ1v) is 7.01. The van der Waals surface area contributed by atoms with Crippen LogP contribution in [-0.2, 0) is 6.42 Å². The van der Waals surface area contributed by atoms with Crippen LogP contribution in [0.25, 0.3) is 0 Å². The first-order valence-electron chi connectivity index (χ1n) is 7.01. The topological polar surface area (TPSA) is 63.0 Å². The summed E-state index contributed by atoms with van der Waals surface area (Å²) in [6.45, 7) is 6.12. The SMILES string of the molecule is CCCc1nc(NC)cc(NC(C)c2ccc(C)o2)n1. The first kappa shape index (κ1) is 14.4. The molecule has 2 aromatic heterocycles. The number of furan rings is 1. The van der Waals surface area contributed by atoms with Crippen LogP contribution in [0.2, 0.25) is 0 Å². The molecule has 2 rings (SSSR count). The highest BCUT2D eigenvalue weighted by Crippen LogP contribution is 2.21. The molecule has 20 heavy (non-hydrogen) atoms. The van der Waals surface area contributed by atoms with E-state index in [2.05, 4.69) is 34.4 Å². The average molecular weight is 274 g/mol. The molecule has 0 aliphatic heterocycles. The van der Waals surface area contributed by atoms with Crippen molar-refractivity contribution in [3.05, 3.63) is 35.5 Å². The zero-order valence-corrected chi connectivity index (χ0v) is 12.5. The van der Waals surface area contributed by atoms with Crippen LogP contribution in [0.15, 0.2) is 22.6 Å². The number of aryl methyl sites for hydroxylation is 2. The van der Waals surface area contributed by atoms with E-state index >= 15 is 0 Å². The number of hydrogen-bond donors (Lipinski definition) is 2. The predicted molar refractivity (Wildman–Crippen MR) is 81.1 cm³/mol. The third kappa shape index (κ3) is 3.50. The van der Waals surface area contributed by atoms with Crippen LogP contribution in [0.4, 0.5) is 11.6 Å². The Bertz CT molecular complexity index is 565. The molecule has 0 spiro atoms. The van der Waals surface area contributed by atoms with Crippen molar-refractivity contribution < 1.29 is 4.42 Å². The van der Waals surface area contributed by atoms with Crippen LogP contribution < -0.4 is 10.6 Å². The normalized spacial score (nSPS) is 12.2. The van der Waals surface area contributed by atoms with Crippen molar-refractivity contribution in [2.45, 2.75) is 39.7 Å². The predicted octanol–water partition coefficient (Wildman–Crippen LogP) is 3.55. The highest BCUT2D eigenvalue weighted by molar-refractivity contribution is 5.48. The van der Waals surface area contributed by atoms with Gasteiger partial charge in [0, 0.05) is 19.5 Å². The summed E-state index contributed by atoms with van der Waals surface area (Å²) in [5.41, 5.74) is 0. The molecule has 108 valence electrons. The third-order valence-electron chi connectivity index (χ3n) is 3.05. The smallest absolute Gasteiger partial charge is 0.133 e. The molecule has 0 saturated carbocycles. The van der Waals surface area contributed by atoms with E-state index in [1.807, 2.05) is 32.2 Å². The van der Waals surface area contributed by atoms with Crippen molar-refractivity contribution in [3.8, 4) is 0 Å². The van der Waals surface area contributed by atoms with Crippen molar-refractivity contribution in [1.82, 2.24) is 9.97 Å². The molecule has 1 atom stereocenters. The van der Waals surface area contributed by atoms with E-state index in [0.717, 1.165) is 41.8 Å². The van der Waals surface area contributed by atoms with Gasteiger partial charge in [-0.2, -0.15) is 0 Å². The van der Waals surface area contributed by atoms with E-state index in [9.17, 15) is 0 Å². The second-order valence-electron chi connectivity index (χ2n) is 4.87. The highest BCUT2D eigenvalue weighted by Gasteiger charge is 2.11. The molecule has 0 aliphatic carbocycles. The van der Waals surface area contributed by atoms with Crippen LogP contribution in [0.1, 0.15) is 43.7 Å². The standard InChI is InChI=1S/C15H22N4O/c1-5-6-13-18-14(16-4)9-15(19-13)17-11(3)12-8-7-10(2)20-12/h7-9,11H,5-6H2,1-4H3,(H2,16,17,18,19). The van der Waals surface area contributed by atoms with Gasteiger partial charge in [0.2, 0.25) is 0 Å². The molecule has 0 radical (unpaired) electrons. The largest absolute Gasteiger partial charge is 0.464 e. The molecule has 0 fully saturated rings. The lowest BCUT2D eigenvalue weighted by Gasteiger charge is -2.14. The molecule has 0 aliphatic rings. The Morgan fingerprint density at radius 1 is 1.25 bits per heavy atom. The minimum Gasteiger partial charge on any atom is -0.464 e. The molecule has 5 heteroatoms. The average Bonchev–Trinajstić information content (AvgIpc) is 2.85. The first-order chi connectivity index (χ1) is 9.62. The molecule has 0 amide bonds. The van der Waals surface area contributed by atoms with Gasteiger partial charge < -0.3 is 15.1 Å². The van der Waals surface area contributed by atoms with Crippen LogP contribution in [0.5, 0.6) is 0 Å². The molecule has 2 N–H and O–H groups in total. The van der Waals surface area contributed by atoms with Gasteiger partial charge in [0.1, 0.15) is 29.0 Å². The maximum atomic E-state index is 5.63. The number of rotatable bonds is 6. The van der Waals surface area contributed by atoms with Crippen LogP contribution >= 0.6 is 0 Å². The molecule has 1 unspecified atom stereocenters. The maximum Gasteiger partial charge on any atom is 0.133 e. The Morgan fingerprint density at radius 2 is 2.00 bits per heavy atom. The Kier molecular flexibility index (Phi) is 4.61. The molecular formula is C15H22N4O. The van der Waals surface area contributed by atoms with E-state index < -0.39 is 0 Å². The monoisotopic (exact) mass is 274 g/mol. The van der Waals surface area contributed by atoms with E-state index in [1.54, 1.807) is 0 Å². The third-order valence-corrected chi connectivity index (χ3v) is 3.05. The lowest BCUT2D eigenvalue weighted by molar-refractivity contribution is 0.466. The molecule has 0 bridgehead atoms. The van der Waals surface area contributed by atoms with E-state index in [1.165, 1.54) is 0 Å². The Labute approximate surface area is 119 Å². The molecule has 2 heterocycles. The van der Waals surface area contributed by atoms with Crippen molar-refractivity contribution >= 4 is 11.6 Å². The lowest BCUT2D eigenvalue weighted by Crippen LogP contribution is -2.10. The summed E-state index contributed by atoms with van der Waals surface area (Å²) in [6.07, 6.45) is 1.90. The summed E-state index contributed by atoms with van der Waals surface area (Å²) in [4.78, 5) is 8.98. The summed E-state index contributed by atoms with van der Waals surface area (Å²) in [7, 11) is 1.86. The highest BCUT2D eigenvalue weighted by atomic mass is 16.3. The zero-order valence-electron chi connectivity index (χ0n) is 12.5. The Balaban J connectivity index is 2.17. The van der Waals surface area contributed by atoms with Crippen molar-refractivity contribution in [1.29, 1.82) is 0 Å². The van der Waals surface area contributed by atoms with Gasteiger partial charge in [0.25, 0.3) is 0 Å². The summed E-state index contributed by atoms with van der Waals surface area (Å²) < 4.78 is 5.63. The van der Waals surface area contributed by atoms with Gasteiger partial charge in [0.15, 0.2) is 0 Å². The number of hydrogen-bond acceptors (Lipinski definition) is 5. The van der Waals surface area contributed by atoms with Crippen molar-refractivity contribution in [3.63, 3.8) is 0 Å². The van der Waals surface area contributed by atoms with Gasteiger partial charge in [-0.25, -0.2) is 9.97 Å². The summed E-state index contributed by atoms with van der Waals surface area (Å²) in [5.74, 6) is 4.32. The fourth-order valence-electron chi connectivity index (χ4n) is 2.01. The second-order valence-corrected chi connectivity index (χ2v) is 4.87. The number of aromatic nitrogens is 2. The van der Waals surface area contributed by atoms with Gasteiger partial charge in [-0.15, -0.1) is 0 Å². The van der Waals surface area contributed by atoms with Gasteiger partial charge >= 0.3 is 0 Å². The number of anilines is 2. The fraction of sp³-hybridized carbons (Fsp3) is 0.467. The maximum absolute atomic E-state index is 5.63. The van der Waals surface area contributed by atoms with E-state index in [-0.39, 0.29) is 6.04 Å². The van der Waals surface area contributed by atoms with Gasteiger partial charge in [-0.3, -0.25) is 0 Å². The minimum atomic E-state index is 0.0674. The Morgan fingerprint density at radius 3 is 2.60 bits per heavy atom. The van der Waals surface area contributed by atoms with E-state index in [4.69, 9.17) is 4.42 Å². The fourth-order valence-corrected chi connectivity index (χ4v) is 2.01. The summed E-state index contributed by atoms with van der Waals surface area (Å²) >= 11 is 0. The van der Waals surface area contributed by atoms with Crippen LogP contribution in [-0.4, -0.2) is 17.0 Å². The molecular weight excluding hydrogens is 252 g/mol. The van der Waals surface area contributed by atoms with E-state index in [0.29, 0.717) is 0 Å². The summed E-state index contributed by atoms with van der Waals surface area (Å²) in [5, 5.41) is 6.43. The second kappa shape index (κ2) is 6.41. The van der Waals surface area contributed by atoms with Crippen molar-refractivity contribution in [2.75, 3.05) is 17.7 Å². The lowest BCUT2D eigenvalue weighted by atomic mass is 10.2. The number of nitrogens with one attached hydrogen (secondary N) is 2. The van der Waals surface area contributed by atoms with Gasteiger partial charge in [0.05, 0.1) is 6.04 Å². The van der Waals surface area contributed by atoms with Crippen LogP contribution in [0.3, 0.4) is 0 Å². The number of nitrogens with zero attached hydrogens (tertiary/aromatic N) is 2. The van der Waals surface area contributed by atoms with Crippen molar-refractivity contribution in [2.24, 2.45) is 0 Å². The molecule has 0 saturated heterocycles. The minimum absolute atomic E-state index is 0.0674.